The van der Waals surface area contributed by atoms with Crippen molar-refractivity contribution in [3.63, 3.8) is 0 Å². The summed E-state index contributed by atoms with van der Waals surface area (Å²) in [6.45, 7) is 0. The van der Waals surface area contributed by atoms with E-state index >= 15 is 0 Å². The van der Waals surface area contributed by atoms with E-state index in [1.54, 1.807) is 0 Å². The van der Waals surface area contributed by atoms with Crippen LogP contribution in [0.4, 0.5) is 11.4 Å². The zero-order valence-corrected chi connectivity index (χ0v) is 28.8. The number of nitrogens with zero attached hydrogens (tertiary/aromatic N) is 2. The number of para-hydroxylation sites is 4. The second-order valence-electron chi connectivity index (χ2n) is 14.0. The highest BCUT2D eigenvalue weighted by Crippen LogP contribution is 2.57. The highest BCUT2D eigenvalue weighted by atomic mass is 32.1. The Kier molecular flexibility index (Phi) is 5.77. The average molecular weight is 683 g/mol. The summed E-state index contributed by atoms with van der Waals surface area (Å²) in [7, 11) is 0. The quantitative estimate of drug-likeness (QED) is 0.185. The van der Waals surface area contributed by atoms with E-state index < -0.39 is 0 Å². The van der Waals surface area contributed by atoms with Crippen LogP contribution in [0.3, 0.4) is 0 Å². The van der Waals surface area contributed by atoms with Crippen LogP contribution in [0.25, 0.3) is 75.9 Å². The minimum Gasteiger partial charge on any atom is -0.456 e. The largest absolute Gasteiger partial charge is 0.456 e. The second-order valence-corrected chi connectivity index (χ2v) is 15.1. The molecule has 12 rings (SSSR count). The standard InChI is InChI=1S/C48H30N2OS/c1-2-12-29(13-3-1)49-39-19-7-4-14-31(39)35-26-27-36-32-15-5-8-20-40(32)50(48(36)47(35)49)30-24-25-38-44(28-30)52-43-23-11-18-34(46(38)43)33-17-10-22-42-45(33)37-16-6-9-21-41(37)51-42/h1-28,35,47H. The fourth-order valence-electron chi connectivity index (χ4n) is 9.27. The summed E-state index contributed by atoms with van der Waals surface area (Å²) >= 11 is 1.88. The lowest BCUT2D eigenvalue weighted by Crippen LogP contribution is -2.26. The van der Waals surface area contributed by atoms with Gasteiger partial charge in [0.2, 0.25) is 0 Å². The SMILES string of the molecule is C1=CC2c3ccccc3N(c3ccccc3)C2c2c1c1ccccc1n2-c1ccc2c(c1)sc1cccc(-c3cccc4oc5ccccc5c34)c12. The van der Waals surface area contributed by atoms with Crippen LogP contribution < -0.4 is 4.90 Å². The van der Waals surface area contributed by atoms with Gasteiger partial charge in [-0.15, -0.1) is 11.3 Å². The molecule has 7 aromatic carbocycles. The number of rotatable bonds is 3. The van der Waals surface area contributed by atoms with Crippen LogP contribution in [-0.2, 0) is 0 Å². The summed E-state index contributed by atoms with van der Waals surface area (Å²) in [6, 6.07) is 57.6. The van der Waals surface area contributed by atoms with Crippen LogP contribution >= 0.6 is 11.3 Å². The molecule has 10 aromatic rings. The lowest BCUT2D eigenvalue weighted by atomic mass is 9.86. The van der Waals surface area contributed by atoms with Crippen molar-refractivity contribution in [3.05, 3.63) is 181 Å². The van der Waals surface area contributed by atoms with Gasteiger partial charge in [0.25, 0.3) is 0 Å². The first-order chi connectivity index (χ1) is 25.8. The third-order valence-corrected chi connectivity index (χ3v) is 12.5. The number of hydrogen-bond acceptors (Lipinski definition) is 3. The number of hydrogen-bond donors (Lipinski definition) is 0. The molecule has 3 nitrogen and oxygen atoms in total. The molecule has 0 saturated heterocycles. The van der Waals surface area contributed by atoms with E-state index in [0.29, 0.717) is 0 Å². The minimum atomic E-state index is 0.113. The molecule has 0 bridgehead atoms. The lowest BCUT2D eigenvalue weighted by molar-refractivity contribution is 0.636. The Morgan fingerprint density at radius 2 is 1.29 bits per heavy atom. The van der Waals surface area contributed by atoms with Crippen LogP contribution in [0.1, 0.15) is 28.8 Å². The van der Waals surface area contributed by atoms with Crippen LogP contribution in [0, 0.1) is 0 Å². The Balaban J connectivity index is 1.09. The van der Waals surface area contributed by atoms with Crippen molar-refractivity contribution in [3.8, 4) is 16.8 Å². The van der Waals surface area contributed by atoms with E-state index in [0.717, 1.165) is 16.6 Å². The molecule has 0 saturated carbocycles. The predicted octanol–water partition coefficient (Wildman–Crippen LogP) is 13.6. The molecule has 3 aromatic heterocycles. The van der Waals surface area contributed by atoms with Crippen molar-refractivity contribution in [2.75, 3.05) is 4.90 Å². The molecule has 0 spiro atoms. The number of benzene rings is 7. The van der Waals surface area contributed by atoms with Crippen LogP contribution in [0.5, 0.6) is 0 Å². The highest BCUT2D eigenvalue weighted by Gasteiger charge is 2.44. The maximum atomic E-state index is 6.31. The zero-order valence-electron chi connectivity index (χ0n) is 28.0. The normalized spacial score (nSPS) is 16.3. The van der Waals surface area contributed by atoms with E-state index in [4.69, 9.17) is 4.42 Å². The number of furan rings is 1. The molecule has 0 radical (unpaired) electrons. The van der Waals surface area contributed by atoms with Gasteiger partial charge in [-0.25, -0.2) is 0 Å². The molecule has 2 aliphatic rings. The molecule has 4 heteroatoms. The zero-order chi connectivity index (χ0) is 33.9. The predicted molar refractivity (Wildman–Crippen MR) is 218 cm³/mol. The highest BCUT2D eigenvalue weighted by molar-refractivity contribution is 7.26. The molecule has 52 heavy (non-hydrogen) atoms. The van der Waals surface area contributed by atoms with Gasteiger partial charge in [-0.1, -0.05) is 115 Å². The molecule has 0 amide bonds. The van der Waals surface area contributed by atoms with Gasteiger partial charge >= 0.3 is 0 Å². The van der Waals surface area contributed by atoms with Gasteiger partial charge in [0, 0.05) is 64.9 Å². The van der Waals surface area contributed by atoms with Gasteiger partial charge in [-0.2, -0.15) is 0 Å². The topological polar surface area (TPSA) is 21.3 Å². The third kappa shape index (κ3) is 3.79. The number of thiophene rings is 1. The summed E-state index contributed by atoms with van der Waals surface area (Å²) < 4.78 is 11.4. The van der Waals surface area contributed by atoms with Crippen molar-refractivity contribution in [1.29, 1.82) is 0 Å². The van der Waals surface area contributed by atoms with Crippen molar-refractivity contribution < 1.29 is 4.42 Å². The number of fused-ring (bicyclic) bond motifs is 13. The van der Waals surface area contributed by atoms with Crippen LogP contribution in [0.2, 0.25) is 0 Å². The fraction of sp³-hybridized carbons (Fsp3) is 0.0417. The van der Waals surface area contributed by atoms with E-state index in [2.05, 4.69) is 173 Å². The van der Waals surface area contributed by atoms with Crippen LogP contribution in [-0.4, -0.2) is 4.57 Å². The Morgan fingerprint density at radius 3 is 2.21 bits per heavy atom. The Labute approximate surface area is 303 Å². The first kappa shape index (κ1) is 28.3. The Bertz CT molecular complexity index is 3110. The molecule has 4 heterocycles. The Morgan fingerprint density at radius 1 is 0.538 bits per heavy atom. The molecule has 1 aliphatic heterocycles. The molecule has 0 N–H and O–H groups in total. The minimum absolute atomic E-state index is 0.113. The van der Waals surface area contributed by atoms with Crippen molar-refractivity contribution in [1.82, 2.24) is 4.57 Å². The van der Waals surface area contributed by atoms with E-state index in [-0.39, 0.29) is 12.0 Å². The summed E-state index contributed by atoms with van der Waals surface area (Å²) in [6.07, 6.45) is 4.82. The lowest BCUT2D eigenvalue weighted by Gasteiger charge is -2.33. The third-order valence-electron chi connectivity index (χ3n) is 11.3. The maximum Gasteiger partial charge on any atom is 0.136 e. The summed E-state index contributed by atoms with van der Waals surface area (Å²) in [4.78, 5) is 2.57. The van der Waals surface area contributed by atoms with Crippen molar-refractivity contribution in [2.45, 2.75) is 12.0 Å². The first-order valence-electron chi connectivity index (χ1n) is 17.9. The molecule has 0 fully saturated rings. The molecule has 1 aliphatic carbocycles. The summed E-state index contributed by atoms with van der Waals surface area (Å²) in [5.41, 5.74) is 13.3. The van der Waals surface area contributed by atoms with Gasteiger partial charge in [0.1, 0.15) is 11.2 Å². The number of aromatic nitrogens is 1. The maximum absolute atomic E-state index is 6.31. The van der Waals surface area contributed by atoms with Crippen LogP contribution in [0.15, 0.2) is 168 Å². The van der Waals surface area contributed by atoms with Gasteiger partial charge in [0.05, 0.1) is 17.3 Å². The second kappa shape index (κ2) is 10.6. The molecule has 2 unspecified atom stereocenters. The summed E-state index contributed by atoms with van der Waals surface area (Å²) in [5.74, 6) is 0.240. The van der Waals surface area contributed by atoms with Gasteiger partial charge in [-0.05, 0) is 71.3 Å². The van der Waals surface area contributed by atoms with Crippen molar-refractivity contribution >= 4 is 81.8 Å². The van der Waals surface area contributed by atoms with E-state index in [1.807, 2.05) is 17.4 Å². The van der Waals surface area contributed by atoms with E-state index in [9.17, 15) is 0 Å². The van der Waals surface area contributed by atoms with Crippen molar-refractivity contribution in [2.24, 2.45) is 0 Å². The smallest absolute Gasteiger partial charge is 0.136 e. The van der Waals surface area contributed by atoms with Gasteiger partial charge in [-0.3, -0.25) is 0 Å². The van der Waals surface area contributed by atoms with Gasteiger partial charge in [0.15, 0.2) is 0 Å². The molecule has 2 atom stereocenters. The summed E-state index contributed by atoms with van der Waals surface area (Å²) in [5, 5.41) is 6.20. The number of anilines is 2. The monoisotopic (exact) mass is 682 g/mol. The van der Waals surface area contributed by atoms with Gasteiger partial charge < -0.3 is 13.9 Å². The Hall–Kier alpha value is -6.36. The fourth-order valence-corrected chi connectivity index (χ4v) is 10.4. The molecular formula is C48H30N2OS. The first-order valence-corrected chi connectivity index (χ1v) is 18.7. The van der Waals surface area contributed by atoms with E-state index in [1.165, 1.54) is 81.5 Å². The average Bonchev–Trinajstić information content (AvgIpc) is 3.95. The molecule has 244 valence electrons. The molecular weight excluding hydrogens is 653 g/mol.